The zero-order valence-electron chi connectivity index (χ0n) is 17.1. The van der Waals surface area contributed by atoms with E-state index in [1.54, 1.807) is 42.5 Å². The summed E-state index contributed by atoms with van der Waals surface area (Å²) in [5.74, 6) is -0.100. The number of benzene rings is 2. The number of ether oxygens (including phenoxy) is 2. The molecule has 0 bridgehead atoms. The van der Waals surface area contributed by atoms with E-state index in [-0.39, 0.29) is 29.7 Å². The van der Waals surface area contributed by atoms with Gasteiger partial charge in [0, 0.05) is 23.8 Å². The first-order chi connectivity index (χ1) is 15.3. The molecule has 3 aromatic rings. The minimum atomic E-state index is -4.49. The lowest BCUT2D eigenvalue weighted by Gasteiger charge is -2.11. The van der Waals surface area contributed by atoms with E-state index in [1.807, 2.05) is 0 Å². The molecule has 0 radical (unpaired) electrons. The molecule has 0 atom stereocenters. The number of esters is 1. The number of carbonyl (C=O) groups excluding carboxylic acids is 1. The van der Waals surface area contributed by atoms with Crippen molar-refractivity contribution in [2.45, 2.75) is 19.2 Å². The number of nitrogens with one attached hydrogen (secondary N) is 1. The van der Waals surface area contributed by atoms with Crippen molar-refractivity contribution < 1.29 is 27.4 Å². The van der Waals surface area contributed by atoms with Crippen LogP contribution in [0, 0.1) is 0 Å². The summed E-state index contributed by atoms with van der Waals surface area (Å²) in [5.41, 5.74) is 0.232. The third kappa shape index (κ3) is 6.10. The van der Waals surface area contributed by atoms with E-state index >= 15 is 0 Å². The van der Waals surface area contributed by atoms with E-state index in [0.717, 1.165) is 12.1 Å². The van der Waals surface area contributed by atoms with Crippen molar-refractivity contribution in [3.63, 3.8) is 0 Å². The van der Waals surface area contributed by atoms with Gasteiger partial charge in [0.15, 0.2) is 0 Å². The Morgan fingerprint density at radius 2 is 1.81 bits per heavy atom. The van der Waals surface area contributed by atoms with Crippen molar-refractivity contribution in [3.8, 4) is 5.75 Å². The molecule has 166 valence electrons. The number of halogens is 3. The van der Waals surface area contributed by atoms with E-state index in [0.29, 0.717) is 16.9 Å². The van der Waals surface area contributed by atoms with E-state index in [9.17, 15) is 22.8 Å². The maximum atomic E-state index is 12.9. The molecule has 2 aromatic carbocycles. The van der Waals surface area contributed by atoms with Gasteiger partial charge in [0.05, 0.1) is 12.7 Å². The van der Waals surface area contributed by atoms with Crippen LogP contribution in [0.4, 0.5) is 13.2 Å². The highest BCUT2D eigenvalue weighted by Gasteiger charge is 2.30. The molecule has 0 spiro atoms. The molecule has 0 aliphatic carbocycles. The summed E-state index contributed by atoms with van der Waals surface area (Å²) in [6.07, 6.45) is -1.46. The van der Waals surface area contributed by atoms with Crippen LogP contribution in [-0.4, -0.2) is 18.1 Å². The summed E-state index contributed by atoms with van der Waals surface area (Å²) >= 11 is 0. The maximum Gasteiger partial charge on any atom is 0.416 e. The molecule has 32 heavy (non-hydrogen) atoms. The first-order valence-electron chi connectivity index (χ1n) is 9.61. The van der Waals surface area contributed by atoms with E-state index in [2.05, 4.69) is 4.98 Å². The average Bonchev–Trinajstić information content (AvgIpc) is 2.78. The molecule has 3 rings (SSSR count). The van der Waals surface area contributed by atoms with Gasteiger partial charge in [0.2, 0.25) is 0 Å². The molecule has 0 unspecified atom stereocenters. The molecule has 1 N–H and O–H groups in total. The van der Waals surface area contributed by atoms with Crippen LogP contribution in [0.5, 0.6) is 5.75 Å². The van der Waals surface area contributed by atoms with Gasteiger partial charge in [-0.1, -0.05) is 30.3 Å². The maximum absolute atomic E-state index is 12.9. The molecule has 8 heteroatoms. The SMILES string of the molecule is COc1ccc(/C=C(/Cc2ccc[nH]c2=O)C(=O)OCc2cccc(C(F)(F)F)c2)cc1. The highest BCUT2D eigenvalue weighted by Crippen LogP contribution is 2.29. The van der Waals surface area contributed by atoms with Crippen molar-refractivity contribution in [2.24, 2.45) is 0 Å². The second-order valence-corrected chi connectivity index (χ2v) is 6.92. The van der Waals surface area contributed by atoms with E-state index in [4.69, 9.17) is 9.47 Å². The van der Waals surface area contributed by atoms with Gasteiger partial charge in [-0.3, -0.25) is 4.79 Å². The largest absolute Gasteiger partial charge is 0.497 e. The van der Waals surface area contributed by atoms with E-state index < -0.39 is 17.7 Å². The van der Waals surface area contributed by atoms with Crippen LogP contribution in [0.25, 0.3) is 6.08 Å². The Balaban J connectivity index is 1.83. The fourth-order valence-corrected chi connectivity index (χ4v) is 2.96. The van der Waals surface area contributed by atoms with Gasteiger partial charge < -0.3 is 14.5 Å². The number of aromatic nitrogens is 1. The Morgan fingerprint density at radius 1 is 1.06 bits per heavy atom. The topological polar surface area (TPSA) is 68.4 Å². The van der Waals surface area contributed by atoms with Gasteiger partial charge in [0.25, 0.3) is 5.56 Å². The Hall–Kier alpha value is -3.81. The van der Waals surface area contributed by atoms with Crippen molar-refractivity contribution in [1.29, 1.82) is 0 Å². The molecule has 0 fully saturated rings. The summed E-state index contributed by atoms with van der Waals surface area (Å²) < 4.78 is 49.1. The number of pyridine rings is 1. The zero-order chi connectivity index (χ0) is 23.1. The van der Waals surface area contributed by atoms with Crippen molar-refractivity contribution in [3.05, 3.63) is 105 Å². The number of alkyl halides is 3. The van der Waals surface area contributed by atoms with Gasteiger partial charge in [-0.15, -0.1) is 0 Å². The van der Waals surface area contributed by atoms with Crippen LogP contribution in [0.15, 0.2) is 77.2 Å². The Morgan fingerprint density at radius 3 is 2.47 bits per heavy atom. The summed E-state index contributed by atoms with van der Waals surface area (Å²) in [7, 11) is 1.53. The minimum absolute atomic E-state index is 0.0103. The molecule has 0 aliphatic rings. The Bertz CT molecular complexity index is 1160. The predicted molar refractivity (Wildman–Crippen MR) is 113 cm³/mol. The molecule has 0 aliphatic heterocycles. The molecular formula is C24H20F3NO4. The quantitative estimate of drug-likeness (QED) is 0.422. The lowest BCUT2D eigenvalue weighted by molar-refractivity contribution is -0.140. The van der Waals surface area contributed by atoms with Gasteiger partial charge in [-0.2, -0.15) is 13.2 Å². The van der Waals surface area contributed by atoms with Gasteiger partial charge >= 0.3 is 12.1 Å². The standard InChI is InChI=1S/C24H20F3NO4/c1-31-21-9-7-16(8-10-21)12-19(14-18-5-3-11-28-22(18)29)23(30)32-15-17-4-2-6-20(13-17)24(25,26)27/h2-13H,14-15H2,1H3,(H,28,29)/b19-12-. The summed E-state index contributed by atoms with van der Waals surface area (Å²) in [4.78, 5) is 27.4. The average molecular weight is 443 g/mol. The van der Waals surface area contributed by atoms with Crippen molar-refractivity contribution in [1.82, 2.24) is 4.98 Å². The highest BCUT2D eigenvalue weighted by molar-refractivity contribution is 5.94. The van der Waals surface area contributed by atoms with Crippen LogP contribution in [0.2, 0.25) is 0 Å². The second-order valence-electron chi connectivity index (χ2n) is 6.92. The highest BCUT2D eigenvalue weighted by atomic mass is 19.4. The monoisotopic (exact) mass is 443 g/mol. The van der Waals surface area contributed by atoms with Gasteiger partial charge in [0.1, 0.15) is 12.4 Å². The number of hydrogen-bond donors (Lipinski definition) is 1. The third-order valence-electron chi connectivity index (χ3n) is 4.62. The summed E-state index contributed by atoms with van der Waals surface area (Å²) in [6, 6.07) is 14.7. The van der Waals surface area contributed by atoms with Crippen LogP contribution >= 0.6 is 0 Å². The molecule has 0 amide bonds. The van der Waals surface area contributed by atoms with Crippen LogP contribution in [-0.2, 0) is 28.7 Å². The van der Waals surface area contributed by atoms with Crippen LogP contribution in [0.1, 0.15) is 22.3 Å². The third-order valence-corrected chi connectivity index (χ3v) is 4.62. The van der Waals surface area contributed by atoms with Crippen LogP contribution < -0.4 is 10.3 Å². The van der Waals surface area contributed by atoms with Gasteiger partial charge in [-0.25, -0.2) is 4.79 Å². The molecule has 1 aromatic heterocycles. The second kappa shape index (κ2) is 10.00. The first-order valence-corrected chi connectivity index (χ1v) is 9.61. The molecule has 0 saturated heterocycles. The number of rotatable bonds is 7. The Kier molecular flexibility index (Phi) is 7.14. The summed E-state index contributed by atoms with van der Waals surface area (Å²) in [5, 5.41) is 0. The number of carbonyl (C=O) groups is 1. The van der Waals surface area contributed by atoms with Crippen LogP contribution in [0.3, 0.4) is 0 Å². The fourth-order valence-electron chi connectivity index (χ4n) is 2.96. The van der Waals surface area contributed by atoms with E-state index in [1.165, 1.54) is 25.4 Å². The fraction of sp³-hybridized carbons (Fsp3) is 0.167. The Labute approximate surface area is 182 Å². The molecule has 0 saturated carbocycles. The van der Waals surface area contributed by atoms with Crippen molar-refractivity contribution >= 4 is 12.0 Å². The smallest absolute Gasteiger partial charge is 0.416 e. The summed E-state index contributed by atoms with van der Waals surface area (Å²) in [6.45, 7) is -0.339. The number of aromatic amines is 1. The van der Waals surface area contributed by atoms with Crippen molar-refractivity contribution in [2.75, 3.05) is 7.11 Å². The predicted octanol–water partition coefficient (Wildman–Crippen LogP) is 4.77. The normalized spacial score (nSPS) is 11.8. The molecular weight excluding hydrogens is 423 g/mol. The zero-order valence-corrected chi connectivity index (χ0v) is 17.1. The number of hydrogen-bond acceptors (Lipinski definition) is 4. The molecule has 1 heterocycles. The first kappa shape index (κ1) is 22.9. The molecule has 5 nitrogen and oxygen atoms in total. The number of H-pyrrole nitrogens is 1. The number of methoxy groups -OCH3 is 1. The lowest BCUT2D eigenvalue weighted by Crippen LogP contribution is -2.16. The van der Waals surface area contributed by atoms with Gasteiger partial charge in [-0.05, 0) is 47.5 Å². The minimum Gasteiger partial charge on any atom is -0.497 e. The lowest BCUT2D eigenvalue weighted by atomic mass is 10.0.